The highest BCUT2D eigenvalue weighted by Crippen LogP contribution is 2.42. The number of thiophene rings is 1. The summed E-state index contributed by atoms with van der Waals surface area (Å²) in [5.41, 5.74) is 3.37. The monoisotopic (exact) mass is 487 g/mol. The minimum Gasteiger partial charge on any atom is -0.329 e. The number of carbonyl (C=O) groups is 2. The predicted molar refractivity (Wildman–Crippen MR) is 137 cm³/mol. The molecular formula is C28H26FN3O2S. The van der Waals surface area contributed by atoms with Crippen LogP contribution in [0.25, 0.3) is 5.69 Å². The number of amides is 2. The largest absolute Gasteiger partial charge is 0.329 e. The molecule has 0 saturated heterocycles. The van der Waals surface area contributed by atoms with E-state index in [0.29, 0.717) is 11.4 Å². The molecule has 0 N–H and O–H groups in total. The number of hydrogen-bond acceptors (Lipinski definition) is 3. The zero-order chi connectivity index (χ0) is 24.4. The van der Waals surface area contributed by atoms with Crippen LogP contribution in [0, 0.1) is 5.82 Å². The fourth-order valence-electron chi connectivity index (χ4n) is 4.62. The van der Waals surface area contributed by atoms with Gasteiger partial charge in [0.25, 0.3) is 5.91 Å². The molecule has 4 aromatic rings. The van der Waals surface area contributed by atoms with Gasteiger partial charge >= 0.3 is 0 Å². The molecule has 7 heteroatoms. The molecule has 0 saturated carbocycles. The highest BCUT2D eigenvalue weighted by atomic mass is 32.1. The lowest BCUT2D eigenvalue weighted by Gasteiger charge is -2.39. The van der Waals surface area contributed by atoms with Gasteiger partial charge in [0.15, 0.2) is 0 Å². The lowest BCUT2D eigenvalue weighted by atomic mass is 9.97. The lowest BCUT2D eigenvalue weighted by molar-refractivity contribution is -0.119. The standard InChI is InChI=1S/C28H26FN3O2S/c1-2-3-16-30(28(34)25-11-7-18-35-25)19-26(33)32-23-9-5-4-8-22(23)31-17-6-10-24(31)27(32)20-12-14-21(29)15-13-20/h4-15,17-18,27H,2-3,16,19H2,1H3. The summed E-state index contributed by atoms with van der Waals surface area (Å²) < 4.78 is 15.8. The van der Waals surface area contributed by atoms with Gasteiger partial charge < -0.3 is 9.47 Å². The Morgan fingerprint density at radius 1 is 0.971 bits per heavy atom. The van der Waals surface area contributed by atoms with Gasteiger partial charge in [-0.1, -0.05) is 43.7 Å². The molecule has 2 amide bonds. The zero-order valence-electron chi connectivity index (χ0n) is 19.4. The number of para-hydroxylation sites is 2. The summed E-state index contributed by atoms with van der Waals surface area (Å²) in [5, 5.41) is 1.87. The Bertz CT molecular complexity index is 1330. The van der Waals surface area contributed by atoms with Crippen molar-refractivity contribution >= 4 is 28.8 Å². The van der Waals surface area contributed by atoms with E-state index >= 15 is 0 Å². The smallest absolute Gasteiger partial charge is 0.264 e. The SMILES string of the molecule is CCCCN(CC(=O)N1c2ccccc2-n2cccc2C1c1ccc(F)cc1)C(=O)c1cccs1. The van der Waals surface area contributed by atoms with E-state index in [0.717, 1.165) is 35.5 Å². The van der Waals surface area contributed by atoms with E-state index in [9.17, 15) is 14.0 Å². The molecule has 3 heterocycles. The van der Waals surface area contributed by atoms with Crippen molar-refractivity contribution in [3.05, 3.63) is 106 Å². The molecule has 178 valence electrons. The number of unbranched alkanes of at least 4 members (excludes halogenated alkanes) is 1. The number of carbonyl (C=O) groups excluding carboxylic acids is 2. The molecule has 1 aliphatic heterocycles. The fraction of sp³-hybridized carbons (Fsp3) is 0.214. The Hall–Kier alpha value is -3.71. The Morgan fingerprint density at radius 3 is 2.46 bits per heavy atom. The number of benzene rings is 2. The molecule has 0 spiro atoms. The number of aromatic nitrogens is 1. The maximum atomic E-state index is 14.0. The third-order valence-corrected chi connectivity index (χ3v) is 7.16. The van der Waals surface area contributed by atoms with Crippen LogP contribution in [-0.2, 0) is 4.79 Å². The molecule has 1 aliphatic rings. The van der Waals surface area contributed by atoms with Crippen molar-refractivity contribution in [2.45, 2.75) is 25.8 Å². The normalized spacial score (nSPS) is 14.3. The molecular weight excluding hydrogens is 461 g/mol. The third-order valence-electron chi connectivity index (χ3n) is 6.30. The third kappa shape index (κ3) is 4.39. The molecule has 0 fully saturated rings. The van der Waals surface area contributed by atoms with Gasteiger partial charge in [-0.3, -0.25) is 14.5 Å². The first-order valence-electron chi connectivity index (χ1n) is 11.8. The van der Waals surface area contributed by atoms with Crippen molar-refractivity contribution < 1.29 is 14.0 Å². The van der Waals surface area contributed by atoms with Gasteiger partial charge in [-0.25, -0.2) is 4.39 Å². The number of anilines is 1. The maximum Gasteiger partial charge on any atom is 0.264 e. The van der Waals surface area contributed by atoms with E-state index in [-0.39, 0.29) is 24.2 Å². The molecule has 35 heavy (non-hydrogen) atoms. The molecule has 2 aromatic carbocycles. The Morgan fingerprint density at radius 2 is 1.74 bits per heavy atom. The predicted octanol–water partition coefficient (Wildman–Crippen LogP) is 6.06. The van der Waals surface area contributed by atoms with E-state index < -0.39 is 6.04 Å². The van der Waals surface area contributed by atoms with Gasteiger partial charge in [-0.05, 0) is 59.8 Å². The summed E-state index contributed by atoms with van der Waals surface area (Å²) in [5.74, 6) is -0.639. The number of halogens is 1. The van der Waals surface area contributed by atoms with Crippen molar-refractivity contribution in [2.24, 2.45) is 0 Å². The number of nitrogens with zero attached hydrogens (tertiary/aromatic N) is 3. The molecule has 1 atom stereocenters. The van der Waals surface area contributed by atoms with Crippen molar-refractivity contribution in [1.82, 2.24) is 9.47 Å². The second-order valence-electron chi connectivity index (χ2n) is 8.57. The van der Waals surface area contributed by atoms with Crippen LogP contribution in [0.2, 0.25) is 0 Å². The van der Waals surface area contributed by atoms with E-state index in [1.165, 1.54) is 23.5 Å². The van der Waals surface area contributed by atoms with Crippen molar-refractivity contribution in [3.63, 3.8) is 0 Å². The Balaban J connectivity index is 1.56. The average Bonchev–Trinajstić information content (AvgIpc) is 3.58. The second-order valence-corrected chi connectivity index (χ2v) is 9.51. The van der Waals surface area contributed by atoms with E-state index in [1.54, 1.807) is 28.0 Å². The molecule has 0 aliphatic carbocycles. The van der Waals surface area contributed by atoms with Gasteiger partial charge in [-0.2, -0.15) is 0 Å². The van der Waals surface area contributed by atoms with Crippen molar-refractivity contribution in [3.8, 4) is 5.69 Å². The highest BCUT2D eigenvalue weighted by molar-refractivity contribution is 7.12. The van der Waals surface area contributed by atoms with E-state index in [4.69, 9.17) is 0 Å². The van der Waals surface area contributed by atoms with Gasteiger partial charge in [0, 0.05) is 12.7 Å². The summed E-state index contributed by atoms with van der Waals surface area (Å²) in [6, 6.07) is 21.1. The van der Waals surface area contributed by atoms with Crippen LogP contribution in [0.15, 0.2) is 84.4 Å². The minimum atomic E-state index is -0.446. The molecule has 5 rings (SSSR count). The summed E-state index contributed by atoms with van der Waals surface area (Å²) in [4.78, 5) is 31.3. The first-order chi connectivity index (χ1) is 17.1. The minimum absolute atomic E-state index is 0.0382. The summed E-state index contributed by atoms with van der Waals surface area (Å²) in [6.45, 7) is 2.53. The van der Waals surface area contributed by atoms with Crippen LogP contribution in [0.3, 0.4) is 0 Å². The lowest BCUT2D eigenvalue weighted by Crippen LogP contribution is -2.47. The Labute approximate surface area is 208 Å². The number of hydrogen-bond donors (Lipinski definition) is 0. The van der Waals surface area contributed by atoms with E-state index in [1.807, 2.05) is 54.0 Å². The first-order valence-corrected chi connectivity index (χ1v) is 12.6. The van der Waals surface area contributed by atoms with Crippen LogP contribution in [-0.4, -0.2) is 34.4 Å². The van der Waals surface area contributed by atoms with Crippen LogP contribution in [0.4, 0.5) is 10.1 Å². The quantitative estimate of drug-likeness (QED) is 0.318. The highest BCUT2D eigenvalue weighted by Gasteiger charge is 2.37. The Kier molecular flexibility index (Phi) is 6.51. The molecule has 0 radical (unpaired) electrons. The summed E-state index contributed by atoms with van der Waals surface area (Å²) in [7, 11) is 0. The maximum absolute atomic E-state index is 14.0. The topological polar surface area (TPSA) is 45.6 Å². The van der Waals surface area contributed by atoms with Gasteiger partial charge in [-0.15, -0.1) is 11.3 Å². The fourth-order valence-corrected chi connectivity index (χ4v) is 5.31. The number of fused-ring (bicyclic) bond motifs is 3. The van der Waals surface area contributed by atoms with Crippen LogP contribution in [0.1, 0.15) is 46.7 Å². The van der Waals surface area contributed by atoms with Crippen LogP contribution < -0.4 is 4.90 Å². The molecule has 0 bridgehead atoms. The number of rotatable bonds is 7. The molecule has 2 aromatic heterocycles. The molecule has 5 nitrogen and oxygen atoms in total. The summed E-state index contributed by atoms with van der Waals surface area (Å²) in [6.07, 6.45) is 3.70. The van der Waals surface area contributed by atoms with Crippen LogP contribution >= 0.6 is 11.3 Å². The van der Waals surface area contributed by atoms with Gasteiger partial charge in [0.1, 0.15) is 18.4 Å². The van der Waals surface area contributed by atoms with Crippen molar-refractivity contribution in [2.75, 3.05) is 18.0 Å². The average molecular weight is 488 g/mol. The second kappa shape index (κ2) is 9.88. The van der Waals surface area contributed by atoms with E-state index in [2.05, 4.69) is 11.5 Å². The van der Waals surface area contributed by atoms with Gasteiger partial charge in [0.05, 0.1) is 21.9 Å². The molecule has 1 unspecified atom stereocenters. The zero-order valence-corrected chi connectivity index (χ0v) is 20.2. The first kappa shape index (κ1) is 23.1. The summed E-state index contributed by atoms with van der Waals surface area (Å²) >= 11 is 1.38. The van der Waals surface area contributed by atoms with Crippen LogP contribution in [0.5, 0.6) is 0 Å². The van der Waals surface area contributed by atoms with Crippen molar-refractivity contribution in [1.29, 1.82) is 0 Å². The van der Waals surface area contributed by atoms with Gasteiger partial charge in [0.2, 0.25) is 5.91 Å².